The van der Waals surface area contributed by atoms with Crippen molar-refractivity contribution in [2.45, 2.75) is 25.6 Å². The van der Waals surface area contributed by atoms with Gasteiger partial charge in [0.15, 0.2) is 0 Å². The molecule has 0 bridgehead atoms. The number of amides is 1. The average Bonchev–Trinajstić information content (AvgIpc) is 2.98. The Balaban J connectivity index is 0.00000312. The number of hydrogen-bond acceptors (Lipinski definition) is 4. The number of hydrogen-bond donors (Lipinski definition) is 3. The molecule has 25 heavy (non-hydrogen) atoms. The highest BCUT2D eigenvalue weighted by atomic mass is 35.5. The lowest BCUT2D eigenvalue weighted by molar-refractivity contribution is -0.137. The SMILES string of the molecule is CC1(C(=O)NCC(O)COc2ccc(C(F)(F)F)cc2)CCNC1.Cl. The van der Waals surface area contributed by atoms with Crippen LogP contribution in [0, 0.1) is 5.41 Å². The molecule has 0 saturated carbocycles. The molecule has 2 atom stereocenters. The van der Waals surface area contributed by atoms with Crippen LogP contribution in [0.25, 0.3) is 0 Å². The van der Waals surface area contributed by atoms with E-state index in [2.05, 4.69) is 10.6 Å². The lowest BCUT2D eigenvalue weighted by Gasteiger charge is -2.22. The number of rotatable bonds is 6. The van der Waals surface area contributed by atoms with Crippen LogP contribution in [-0.4, -0.2) is 43.4 Å². The second-order valence-electron chi connectivity index (χ2n) is 6.18. The maximum Gasteiger partial charge on any atom is 0.416 e. The summed E-state index contributed by atoms with van der Waals surface area (Å²) in [5.74, 6) is 0.0846. The molecular weight excluding hydrogens is 361 g/mol. The molecule has 1 fully saturated rings. The van der Waals surface area contributed by atoms with Crippen molar-refractivity contribution >= 4 is 18.3 Å². The highest BCUT2D eigenvalue weighted by Gasteiger charge is 2.36. The van der Waals surface area contributed by atoms with Crippen LogP contribution in [0.5, 0.6) is 5.75 Å². The van der Waals surface area contributed by atoms with Crippen LogP contribution in [0.15, 0.2) is 24.3 Å². The quantitative estimate of drug-likeness (QED) is 0.703. The molecule has 1 heterocycles. The van der Waals surface area contributed by atoms with Gasteiger partial charge in [0.2, 0.25) is 5.91 Å². The number of benzene rings is 1. The fourth-order valence-corrected chi connectivity index (χ4v) is 2.43. The number of halogens is 4. The number of aliphatic hydroxyl groups excluding tert-OH is 1. The summed E-state index contributed by atoms with van der Waals surface area (Å²) in [7, 11) is 0. The third-order valence-electron chi connectivity index (χ3n) is 4.04. The monoisotopic (exact) mass is 382 g/mol. The van der Waals surface area contributed by atoms with Crippen molar-refractivity contribution < 1.29 is 27.8 Å². The van der Waals surface area contributed by atoms with Crippen molar-refractivity contribution in [1.29, 1.82) is 0 Å². The summed E-state index contributed by atoms with van der Waals surface area (Å²) in [6, 6.07) is 4.22. The fourth-order valence-electron chi connectivity index (χ4n) is 2.43. The summed E-state index contributed by atoms with van der Waals surface area (Å²) in [5.41, 5.74) is -1.24. The Morgan fingerprint density at radius 2 is 2.04 bits per heavy atom. The molecule has 1 aliphatic heterocycles. The molecular formula is C16H22ClF3N2O3. The summed E-state index contributed by atoms with van der Waals surface area (Å²) in [5, 5.41) is 15.6. The van der Waals surface area contributed by atoms with Gasteiger partial charge in [-0.25, -0.2) is 0 Å². The minimum absolute atomic E-state index is 0. The Kier molecular flexibility index (Phi) is 7.52. The van der Waals surface area contributed by atoms with Crippen LogP contribution < -0.4 is 15.4 Å². The van der Waals surface area contributed by atoms with Crippen LogP contribution in [0.1, 0.15) is 18.9 Å². The van der Waals surface area contributed by atoms with E-state index in [0.29, 0.717) is 6.54 Å². The van der Waals surface area contributed by atoms with Gasteiger partial charge in [0.25, 0.3) is 0 Å². The first-order valence-electron chi connectivity index (χ1n) is 7.68. The van der Waals surface area contributed by atoms with Crippen molar-refractivity contribution in [1.82, 2.24) is 10.6 Å². The van der Waals surface area contributed by atoms with Gasteiger partial charge in [-0.2, -0.15) is 13.2 Å². The van der Waals surface area contributed by atoms with Gasteiger partial charge in [-0.15, -0.1) is 12.4 Å². The van der Waals surface area contributed by atoms with Crippen LogP contribution in [0.2, 0.25) is 0 Å². The van der Waals surface area contributed by atoms with Gasteiger partial charge in [0.05, 0.1) is 11.0 Å². The first-order valence-corrected chi connectivity index (χ1v) is 7.68. The highest BCUT2D eigenvalue weighted by molar-refractivity contribution is 5.85. The number of aliphatic hydroxyl groups is 1. The first kappa shape index (κ1) is 21.5. The Hall–Kier alpha value is -1.51. The average molecular weight is 383 g/mol. The zero-order valence-corrected chi connectivity index (χ0v) is 14.5. The maximum absolute atomic E-state index is 12.4. The van der Waals surface area contributed by atoms with Crippen LogP contribution in [-0.2, 0) is 11.0 Å². The normalized spacial score (nSPS) is 21.3. The Morgan fingerprint density at radius 3 is 2.56 bits per heavy atom. The van der Waals surface area contributed by atoms with E-state index in [1.165, 1.54) is 12.1 Å². The van der Waals surface area contributed by atoms with Gasteiger partial charge < -0.3 is 20.5 Å². The first-order chi connectivity index (χ1) is 11.2. The molecule has 1 aliphatic rings. The van der Waals surface area contributed by atoms with E-state index in [1.807, 2.05) is 6.92 Å². The van der Waals surface area contributed by atoms with E-state index < -0.39 is 23.3 Å². The Labute approximate surface area is 150 Å². The zero-order valence-electron chi connectivity index (χ0n) is 13.7. The van der Waals surface area contributed by atoms with E-state index in [0.717, 1.165) is 25.1 Å². The highest BCUT2D eigenvalue weighted by Crippen LogP contribution is 2.30. The summed E-state index contributed by atoms with van der Waals surface area (Å²) in [6.07, 6.45) is -4.61. The van der Waals surface area contributed by atoms with Gasteiger partial charge in [-0.3, -0.25) is 4.79 Å². The molecule has 9 heteroatoms. The third kappa shape index (κ3) is 6.05. The lowest BCUT2D eigenvalue weighted by Crippen LogP contribution is -2.44. The summed E-state index contributed by atoms with van der Waals surface area (Å²) in [6.45, 7) is 3.13. The number of nitrogens with one attached hydrogen (secondary N) is 2. The summed E-state index contributed by atoms with van der Waals surface area (Å²) in [4.78, 5) is 12.1. The standard InChI is InChI=1S/C16H21F3N2O3.ClH/c1-15(6-7-20-10-15)14(23)21-8-12(22)9-24-13-4-2-11(3-5-13)16(17,18)19;/h2-5,12,20,22H,6-10H2,1H3,(H,21,23);1H. The maximum atomic E-state index is 12.4. The van der Waals surface area contributed by atoms with Gasteiger partial charge in [-0.05, 0) is 44.2 Å². The van der Waals surface area contributed by atoms with Gasteiger partial charge in [0, 0.05) is 13.1 Å². The predicted molar refractivity (Wildman–Crippen MR) is 88.8 cm³/mol. The molecule has 0 spiro atoms. The van der Waals surface area contributed by atoms with E-state index in [9.17, 15) is 23.1 Å². The molecule has 3 N–H and O–H groups in total. The van der Waals surface area contributed by atoms with Crippen molar-refractivity contribution in [3.8, 4) is 5.75 Å². The molecule has 5 nitrogen and oxygen atoms in total. The molecule has 0 aromatic heterocycles. The van der Waals surface area contributed by atoms with Crippen LogP contribution in [0.3, 0.4) is 0 Å². The van der Waals surface area contributed by atoms with E-state index >= 15 is 0 Å². The molecule has 2 unspecified atom stereocenters. The Morgan fingerprint density at radius 1 is 1.40 bits per heavy atom. The van der Waals surface area contributed by atoms with Crippen molar-refractivity contribution in [3.63, 3.8) is 0 Å². The number of carbonyl (C=O) groups is 1. The molecule has 2 rings (SSSR count). The fraction of sp³-hybridized carbons (Fsp3) is 0.562. The van der Waals surface area contributed by atoms with Crippen molar-refractivity contribution in [3.05, 3.63) is 29.8 Å². The van der Waals surface area contributed by atoms with Crippen LogP contribution >= 0.6 is 12.4 Å². The molecule has 0 radical (unpaired) electrons. The molecule has 142 valence electrons. The van der Waals surface area contributed by atoms with Gasteiger partial charge in [0.1, 0.15) is 18.5 Å². The number of carbonyl (C=O) groups excluding carboxylic acids is 1. The van der Waals surface area contributed by atoms with E-state index in [-0.39, 0.29) is 37.2 Å². The molecule has 1 aromatic rings. The largest absolute Gasteiger partial charge is 0.491 e. The van der Waals surface area contributed by atoms with Crippen molar-refractivity contribution in [2.24, 2.45) is 5.41 Å². The third-order valence-corrected chi connectivity index (χ3v) is 4.04. The van der Waals surface area contributed by atoms with E-state index in [1.54, 1.807) is 0 Å². The number of alkyl halides is 3. The minimum Gasteiger partial charge on any atom is -0.491 e. The zero-order chi connectivity index (χ0) is 17.8. The lowest BCUT2D eigenvalue weighted by atomic mass is 9.89. The second-order valence-corrected chi connectivity index (χ2v) is 6.18. The van der Waals surface area contributed by atoms with Gasteiger partial charge in [-0.1, -0.05) is 0 Å². The summed E-state index contributed by atoms with van der Waals surface area (Å²) >= 11 is 0. The Bertz CT molecular complexity index is 561. The van der Waals surface area contributed by atoms with Crippen LogP contribution in [0.4, 0.5) is 13.2 Å². The smallest absolute Gasteiger partial charge is 0.416 e. The number of ether oxygens (including phenoxy) is 1. The topological polar surface area (TPSA) is 70.6 Å². The molecule has 1 saturated heterocycles. The van der Waals surface area contributed by atoms with Crippen molar-refractivity contribution in [2.75, 3.05) is 26.2 Å². The second kappa shape index (κ2) is 8.73. The van der Waals surface area contributed by atoms with Gasteiger partial charge >= 0.3 is 6.18 Å². The molecule has 1 amide bonds. The minimum atomic E-state index is -4.40. The van der Waals surface area contributed by atoms with E-state index in [4.69, 9.17) is 4.74 Å². The molecule has 1 aromatic carbocycles. The predicted octanol–water partition coefficient (Wildman–Crippen LogP) is 1.98. The summed E-state index contributed by atoms with van der Waals surface area (Å²) < 4.78 is 42.6. The molecule has 0 aliphatic carbocycles.